The molecule has 2 unspecified atom stereocenters. The molecule has 0 aromatic heterocycles. The number of rotatable bonds is 7. The largest absolute Gasteiger partial charge is 0.361 e. The predicted molar refractivity (Wildman–Crippen MR) is 170 cm³/mol. The molecule has 45 heavy (non-hydrogen) atoms. The lowest BCUT2D eigenvalue weighted by molar-refractivity contribution is 0.0573. The SMILES string of the molecule is O=C1c2ccccc2NC(c2ccccc2F)N1CCN1CCC(CN2C(=O)c3ccccc3NC2c2ccccc2F)CC1. The minimum Gasteiger partial charge on any atom is -0.361 e. The van der Waals surface area contributed by atoms with Crippen LogP contribution in [0.5, 0.6) is 0 Å². The van der Waals surface area contributed by atoms with E-state index in [9.17, 15) is 18.4 Å². The number of carbonyl (C=O) groups is 2. The summed E-state index contributed by atoms with van der Waals surface area (Å²) in [6.07, 6.45) is 0.520. The number of piperidine rings is 1. The lowest BCUT2D eigenvalue weighted by Crippen LogP contribution is -2.49. The maximum atomic E-state index is 14.9. The van der Waals surface area contributed by atoms with Crippen LogP contribution in [0.25, 0.3) is 0 Å². The normalized spacial score (nSPS) is 20.3. The Kier molecular flexibility index (Phi) is 7.94. The van der Waals surface area contributed by atoms with Gasteiger partial charge in [-0.15, -0.1) is 0 Å². The maximum absolute atomic E-state index is 14.9. The van der Waals surface area contributed by atoms with E-state index in [1.165, 1.54) is 12.1 Å². The van der Waals surface area contributed by atoms with Gasteiger partial charge in [0.05, 0.1) is 11.1 Å². The zero-order chi connectivity index (χ0) is 30.9. The summed E-state index contributed by atoms with van der Waals surface area (Å²) in [5.74, 6) is -0.687. The van der Waals surface area contributed by atoms with Gasteiger partial charge in [0.15, 0.2) is 0 Å². The Morgan fingerprint density at radius 1 is 0.600 bits per heavy atom. The van der Waals surface area contributed by atoms with Crippen LogP contribution in [-0.4, -0.2) is 59.2 Å². The third kappa shape index (κ3) is 5.64. The van der Waals surface area contributed by atoms with Crippen molar-refractivity contribution in [2.75, 3.05) is 43.4 Å². The number of para-hydroxylation sites is 2. The molecule has 7 nitrogen and oxygen atoms in total. The molecule has 9 heteroatoms. The second kappa shape index (κ2) is 12.3. The first-order valence-electron chi connectivity index (χ1n) is 15.5. The molecule has 0 radical (unpaired) electrons. The second-order valence-electron chi connectivity index (χ2n) is 12.0. The Morgan fingerprint density at radius 3 is 1.62 bits per heavy atom. The van der Waals surface area contributed by atoms with Crippen molar-refractivity contribution in [3.8, 4) is 0 Å². The molecule has 2 N–H and O–H groups in total. The molecule has 230 valence electrons. The summed E-state index contributed by atoms with van der Waals surface area (Å²) in [5, 5.41) is 6.79. The van der Waals surface area contributed by atoms with Gasteiger partial charge in [-0.05, 0) is 68.2 Å². The highest BCUT2D eigenvalue weighted by Gasteiger charge is 2.37. The van der Waals surface area contributed by atoms with E-state index in [-0.39, 0.29) is 29.4 Å². The first kappa shape index (κ1) is 29.0. The minimum atomic E-state index is -0.609. The van der Waals surface area contributed by atoms with Gasteiger partial charge in [0.1, 0.15) is 24.0 Å². The zero-order valence-corrected chi connectivity index (χ0v) is 24.8. The van der Waals surface area contributed by atoms with E-state index < -0.39 is 12.3 Å². The van der Waals surface area contributed by atoms with Gasteiger partial charge in [-0.1, -0.05) is 60.7 Å². The van der Waals surface area contributed by atoms with E-state index >= 15 is 0 Å². The summed E-state index contributed by atoms with van der Waals surface area (Å²) < 4.78 is 29.9. The molecule has 4 aromatic rings. The highest BCUT2D eigenvalue weighted by Crippen LogP contribution is 2.37. The topological polar surface area (TPSA) is 67.9 Å². The van der Waals surface area contributed by atoms with Crippen molar-refractivity contribution >= 4 is 23.2 Å². The molecule has 4 aromatic carbocycles. The fourth-order valence-electron chi connectivity index (χ4n) is 6.81. The maximum Gasteiger partial charge on any atom is 0.257 e. The molecule has 0 spiro atoms. The molecule has 2 atom stereocenters. The number of fused-ring (bicyclic) bond motifs is 2. The predicted octanol–water partition coefficient (Wildman–Crippen LogP) is 6.51. The van der Waals surface area contributed by atoms with Gasteiger partial charge in [-0.25, -0.2) is 8.78 Å². The van der Waals surface area contributed by atoms with Gasteiger partial charge in [0.25, 0.3) is 11.8 Å². The molecule has 0 aliphatic carbocycles. The number of benzene rings is 4. The number of carbonyl (C=O) groups excluding carboxylic acids is 2. The Bertz CT molecular complexity index is 1720. The molecule has 3 aliphatic rings. The second-order valence-corrected chi connectivity index (χ2v) is 12.0. The van der Waals surface area contributed by atoms with Crippen LogP contribution in [0.15, 0.2) is 97.1 Å². The summed E-state index contributed by atoms with van der Waals surface area (Å²) in [6.45, 7) is 3.19. The van der Waals surface area contributed by atoms with Crippen molar-refractivity contribution in [2.45, 2.75) is 25.2 Å². The molecule has 0 saturated carbocycles. The van der Waals surface area contributed by atoms with Crippen molar-refractivity contribution in [3.63, 3.8) is 0 Å². The summed E-state index contributed by atoms with van der Waals surface area (Å²) in [5.41, 5.74) is 3.46. The minimum absolute atomic E-state index is 0.101. The fourth-order valence-corrected chi connectivity index (χ4v) is 6.81. The van der Waals surface area contributed by atoms with Crippen molar-refractivity contribution in [3.05, 3.63) is 131 Å². The number of halogens is 2. The Morgan fingerprint density at radius 2 is 1.07 bits per heavy atom. The van der Waals surface area contributed by atoms with E-state index in [1.54, 1.807) is 52.3 Å². The van der Waals surface area contributed by atoms with Crippen LogP contribution in [0.1, 0.15) is 57.0 Å². The van der Waals surface area contributed by atoms with E-state index in [0.717, 1.165) is 25.9 Å². The average Bonchev–Trinajstić information content (AvgIpc) is 3.07. The van der Waals surface area contributed by atoms with Crippen LogP contribution in [0, 0.1) is 17.6 Å². The number of hydrogen-bond acceptors (Lipinski definition) is 5. The van der Waals surface area contributed by atoms with Gasteiger partial charge in [-0.2, -0.15) is 0 Å². The highest BCUT2D eigenvalue weighted by molar-refractivity contribution is 6.02. The molecular weight excluding hydrogens is 572 g/mol. The lowest BCUT2D eigenvalue weighted by atomic mass is 9.94. The first-order chi connectivity index (χ1) is 22.0. The number of anilines is 2. The number of likely N-dealkylation sites (tertiary alicyclic amines) is 1. The Balaban J connectivity index is 1.03. The molecule has 0 bridgehead atoms. The quantitative estimate of drug-likeness (QED) is 0.251. The fraction of sp³-hybridized carbons (Fsp3) is 0.278. The summed E-state index contributed by atoms with van der Waals surface area (Å²) in [4.78, 5) is 33.1. The summed E-state index contributed by atoms with van der Waals surface area (Å²) in [7, 11) is 0. The van der Waals surface area contributed by atoms with E-state index in [4.69, 9.17) is 0 Å². The molecule has 1 fully saturated rings. The number of nitrogens with zero attached hydrogens (tertiary/aromatic N) is 3. The number of nitrogens with one attached hydrogen (secondary N) is 2. The Hall–Kier alpha value is -4.76. The smallest absolute Gasteiger partial charge is 0.257 e. The summed E-state index contributed by atoms with van der Waals surface area (Å²) >= 11 is 0. The highest BCUT2D eigenvalue weighted by atomic mass is 19.1. The lowest BCUT2D eigenvalue weighted by Gasteiger charge is -2.42. The van der Waals surface area contributed by atoms with Crippen LogP contribution in [0.2, 0.25) is 0 Å². The van der Waals surface area contributed by atoms with Crippen LogP contribution < -0.4 is 10.6 Å². The van der Waals surface area contributed by atoms with Gasteiger partial charge >= 0.3 is 0 Å². The zero-order valence-electron chi connectivity index (χ0n) is 24.8. The third-order valence-corrected chi connectivity index (χ3v) is 9.26. The van der Waals surface area contributed by atoms with Crippen molar-refractivity contribution in [1.82, 2.24) is 14.7 Å². The number of amides is 2. The van der Waals surface area contributed by atoms with E-state index in [1.807, 2.05) is 42.5 Å². The average molecular weight is 608 g/mol. The molecule has 3 aliphatic heterocycles. The van der Waals surface area contributed by atoms with Gasteiger partial charge < -0.3 is 25.3 Å². The van der Waals surface area contributed by atoms with Gasteiger partial charge in [0.2, 0.25) is 0 Å². The van der Waals surface area contributed by atoms with Gasteiger partial charge in [0, 0.05) is 42.1 Å². The van der Waals surface area contributed by atoms with Crippen LogP contribution in [0.3, 0.4) is 0 Å². The first-order valence-corrected chi connectivity index (χ1v) is 15.5. The molecular formula is C36H35F2N5O2. The van der Waals surface area contributed by atoms with Crippen molar-refractivity contribution in [1.29, 1.82) is 0 Å². The molecule has 3 heterocycles. The van der Waals surface area contributed by atoms with Crippen LogP contribution >= 0.6 is 0 Å². The van der Waals surface area contributed by atoms with Gasteiger partial charge in [-0.3, -0.25) is 9.59 Å². The monoisotopic (exact) mass is 607 g/mol. The molecule has 7 rings (SSSR count). The van der Waals surface area contributed by atoms with Crippen LogP contribution in [0.4, 0.5) is 20.2 Å². The van der Waals surface area contributed by atoms with E-state index in [2.05, 4.69) is 15.5 Å². The molecule has 1 saturated heterocycles. The van der Waals surface area contributed by atoms with Crippen molar-refractivity contribution < 1.29 is 18.4 Å². The number of hydrogen-bond donors (Lipinski definition) is 2. The van der Waals surface area contributed by atoms with Crippen LogP contribution in [-0.2, 0) is 0 Å². The van der Waals surface area contributed by atoms with Crippen molar-refractivity contribution in [2.24, 2.45) is 5.92 Å². The third-order valence-electron chi connectivity index (χ3n) is 9.26. The standard InChI is InChI=1S/C36H35F2N5O2/c37-29-13-5-1-9-25(29)33-39-31-15-7-3-11-27(31)35(44)42(33)22-21-41-19-17-24(18-20-41)23-43-34(26-10-2-6-14-30(26)38)40-32-16-8-4-12-28(32)36(43)45/h1-16,24,33-34,39-40H,17-23H2. The Labute approximate surface area is 261 Å². The van der Waals surface area contributed by atoms with E-state index in [0.29, 0.717) is 53.3 Å². The summed E-state index contributed by atoms with van der Waals surface area (Å²) in [6, 6.07) is 27.9. The molecule has 2 amide bonds.